The number of hydrogen-bond donors (Lipinski definition) is 1. The Morgan fingerprint density at radius 3 is 2.38 bits per heavy atom. The van der Waals surface area contributed by atoms with Crippen LogP contribution in [0.3, 0.4) is 0 Å². The quantitative estimate of drug-likeness (QED) is 0.849. The van der Waals surface area contributed by atoms with Gasteiger partial charge in [-0.3, -0.25) is 19.3 Å². The van der Waals surface area contributed by atoms with Crippen molar-refractivity contribution in [3.8, 4) is 0 Å². The average Bonchev–Trinajstić information content (AvgIpc) is 2.92. The molecule has 0 radical (unpaired) electrons. The maximum absolute atomic E-state index is 12.8. The molecular weight excluding hydrogens is 328 g/mol. The summed E-state index contributed by atoms with van der Waals surface area (Å²) < 4.78 is 0. The van der Waals surface area contributed by atoms with Crippen LogP contribution in [0.1, 0.15) is 62.6 Å². The van der Waals surface area contributed by atoms with E-state index in [1.807, 2.05) is 12.1 Å². The molecule has 3 aliphatic rings. The standard InChI is InChI=1S/C21H26N2O3/c1-13(23-20(25)16-10-4-5-11-17(16)21(23)26)19(24)22-18-12-6-8-14-7-2-3-9-15(14)18/h2-3,7,9,13,16-18H,4-6,8,10-12H2,1H3,(H,22,24)/t13-,16-,17+,18-/m1/s1. The normalized spacial score (nSPS) is 29.1. The third kappa shape index (κ3) is 2.83. The van der Waals surface area contributed by atoms with E-state index in [9.17, 15) is 14.4 Å². The van der Waals surface area contributed by atoms with Crippen LogP contribution in [-0.2, 0) is 20.8 Å². The molecule has 1 aliphatic heterocycles. The van der Waals surface area contributed by atoms with E-state index >= 15 is 0 Å². The number of aryl methyl sites for hydroxylation is 1. The van der Waals surface area contributed by atoms with Crippen molar-refractivity contribution in [3.63, 3.8) is 0 Å². The van der Waals surface area contributed by atoms with Gasteiger partial charge in [0.15, 0.2) is 0 Å². The zero-order valence-corrected chi connectivity index (χ0v) is 15.2. The summed E-state index contributed by atoms with van der Waals surface area (Å²) in [5.41, 5.74) is 2.43. The van der Waals surface area contributed by atoms with Crippen molar-refractivity contribution >= 4 is 17.7 Å². The Morgan fingerprint density at radius 2 is 1.69 bits per heavy atom. The summed E-state index contributed by atoms with van der Waals surface area (Å²) in [7, 11) is 0. The minimum Gasteiger partial charge on any atom is -0.347 e. The fourth-order valence-electron chi connectivity index (χ4n) is 4.88. The van der Waals surface area contributed by atoms with Gasteiger partial charge in [0, 0.05) is 0 Å². The second kappa shape index (κ2) is 6.86. The lowest BCUT2D eigenvalue weighted by atomic mass is 9.81. The summed E-state index contributed by atoms with van der Waals surface area (Å²) in [6.07, 6.45) is 6.49. The number of amides is 3. The highest BCUT2D eigenvalue weighted by Gasteiger charge is 2.50. The van der Waals surface area contributed by atoms with Crippen molar-refractivity contribution in [1.29, 1.82) is 0 Å². The smallest absolute Gasteiger partial charge is 0.243 e. The monoisotopic (exact) mass is 354 g/mol. The van der Waals surface area contributed by atoms with E-state index in [1.54, 1.807) is 6.92 Å². The molecule has 26 heavy (non-hydrogen) atoms. The Kier molecular flexibility index (Phi) is 4.55. The van der Waals surface area contributed by atoms with Gasteiger partial charge in [-0.15, -0.1) is 0 Å². The molecule has 1 saturated carbocycles. The van der Waals surface area contributed by atoms with Gasteiger partial charge < -0.3 is 5.32 Å². The van der Waals surface area contributed by atoms with Gasteiger partial charge in [0.1, 0.15) is 6.04 Å². The number of benzene rings is 1. The van der Waals surface area contributed by atoms with E-state index in [1.165, 1.54) is 10.5 Å². The summed E-state index contributed by atoms with van der Waals surface area (Å²) >= 11 is 0. The molecule has 0 spiro atoms. The van der Waals surface area contributed by atoms with E-state index < -0.39 is 6.04 Å². The van der Waals surface area contributed by atoms with Crippen LogP contribution in [0.5, 0.6) is 0 Å². The molecule has 4 rings (SSSR count). The lowest BCUT2D eigenvalue weighted by molar-refractivity contribution is -0.147. The van der Waals surface area contributed by atoms with E-state index in [4.69, 9.17) is 0 Å². The van der Waals surface area contributed by atoms with Crippen LogP contribution in [-0.4, -0.2) is 28.7 Å². The molecule has 2 fully saturated rings. The zero-order valence-electron chi connectivity index (χ0n) is 15.2. The molecule has 1 aromatic carbocycles. The minimum absolute atomic E-state index is 0.0371. The Balaban J connectivity index is 1.49. The summed E-state index contributed by atoms with van der Waals surface area (Å²) in [5, 5.41) is 3.09. The molecule has 3 amide bonds. The number of nitrogens with one attached hydrogen (secondary N) is 1. The largest absolute Gasteiger partial charge is 0.347 e. The van der Waals surface area contributed by atoms with Crippen molar-refractivity contribution in [2.24, 2.45) is 11.8 Å². The number of fused-ring (bicyclic) bond motifs is 2. The third-order valence-electron chi connectivity index (χ3n) is 6.33. The van der Waals surface area contributed by atoms with Gasteiger partial charge in [0.2, 0.25) is 17.7 Å². The highest BCUT2D eigenvalue weighted by molar-refractivity contribution is 6.08. The molecule has 4 atom stereocenters. The van der Waals surface area contributed by atoms with Crippen LogP contribution in [0.25, 0.3) is 0 Å². The van der Waals surface area contributed by atoms with Gasteiger partial charge in [0.05, 0.1) is 17.9 Å². The van der Waals surface area contributed by atoms with Gasteiger partial charge in [-0.05, 0) is 50.2 Å². The molecule has 1 saturated heterocycles. The minimum atomic E-state index is -0.741. The molecule has 0 aromatic heterocycles. The van der Waals surface area contributed by atoms with Crippen LogP contribution in [0.2, 0.25) is 0 Å². The Bertz CT molecular complexity index is 721. The van der Waals surface area contributed by atoms with Crippen molar-refractivity contribution in [1.82, 2.24) is 10.2 Å². The summed E-state index contributed by atoms with van der Waals surface area (Å²) in [6.45, 7) is 1.68. The first kappa shape index (κ1) is 17.3. The van der Waals surface area contributed by atoms with E-state index in [0.717, 1.165) is 50.5 Å². The van der Waals surface area contributed by atoms with E-state index in [2.05, 4.69) is 17.4 Å². The molecule has 0 bridgehead atoms. The third-order valence-corrected chi connectivity index (χ3v) is 6.33. The number of likely N-dealkylation sites (tertiary alicyclic amines) is 1. The van der Waals surface area contributed by atoms with Crippen LogP contribution in [0.15, 0.2) is 24.3 Å². The van der Waals surface area contributed by atoms with Gasteiger partial charge in [0.25, 0.3) is 0 Å². The summed E-state index contributed by atoms with van der Waals surface area (Å²) in [4.78, 5) is 39.5. The van der Waals surface area contributed by atoms with E-state index in [-0.39, 0.29) is 35.6 Å². The Morgan fingerprint density at radius 1 is 1.04 bits per heavy atom. The number of rotatable bonds is 3. The van der Waals surface area contributed by atoms with Crippen LogP contribution in [0.4, 0.5) is 0 Å². The lowest BCUT2D eigenvalue weighted by Crippen LogP contribution is -2.49. The van der Waals surface area contributed by atoms with Crippen molar-refractivity contribution in [2.45, 2.75) is 64.0 Å². The highest BCUT2D eigenvalue weighted by atomic mass is 16.2. The van der Waals surface area contributed by atoms with Gasteiger partial charge >= 0.3 is 0 Å². The predicted octanol–water partition coefficient (Wildman–Crippen LogP) is 2.74. The maximum atomic E-state index is 12.8. The lowest BCUT2D eigenvalue weighted by Gasteiger charge is -2.29. The number of carbonyl (C=O) groups excluding carboxylic acids is 3. The second-order valence-electron chi connectivity index (χ2n) is 7.87. The summed E-state index contributed by atoms with van der Waals surface area (Å²) in [6, 6.07) is 7.40. The molecule has 1 aromatic rings. The SMILES string of the molecule is C[C@H](C(=O)N[C@@H]1CCCc2ccccc21)N1C(=O)[C@H]2CCCC[C@H]2C1=O. The van der Waals surface area contributed by atoms with Crippen LogP contribution < -0.4 is 5.32 Å². The number of nitrogens with zero attached hydrogens (tertiary/aromatic N) is 1. The fraction of sp³-hybridized carbons (Fsp3) is 0.571. The average molecular weight is 354 g/mol. The van der Waals surface area contributed by atoms with Gasteiger partial charge in [-0.25, -0.2) is 0 Å². The first-order valence-electron chi connectivity index (χ1n) is 9.83. The second-order valence-corrected chi connectivity index (χ2v) is 7.87. The number of hydrogen-bond acceptors (Lipinski definition) is 3. The van der Waals surface area contributed by atoms with E-state index in [0.29, 0.717) is 0 Å². The first-order chi connectivity index (χ1) is 12.6. The molecular formula is C21H26N2O3. The first-order valence-corrected chi connectivity index (χ1v) is 9.83. The molecule has 1 N–H and O–H groups in total. The molecule has 5 nitrogen and oxygen atoms in total. The molecule has 0 unspecified atom stereocenters. The van der Waals surface area contributed by atoms with Crippen molar-refractivity contribution in [3.05, 3.63) is 35.4 Å². The van der Waals surface area contributed by atoms with Crippen LogP contribution in [0, 0.1) is 11.8 Å². The predicted molar refractivity (Wildman–Crippen MR) is 97.0 cm³/mol. The zero-order chi connectivity index (χ0) is 18.3. The fourth-order valence-corrected chi connectivity index (χ4v) is 4.88. The molecule has 5 heteroatoms. The number of carbonyl (C=O) groups is 3. The Labute approximate surface area is 154 Å². The van der Waals surface area contributed by atoms with Crippen LogP contribution >= 0.6 is 0 Å². The Hall–Kier alpha value is -2.17. The molecule has 2 aliphatic carbocycles. The van der Waals surface area contributed by atoms with Crippen molar-refractivity contribution < 1.29 is 14.4 Å². The molecule has 1 heterocycles. The van der Waals surface area contributed by atoms with Gasteiger partial charge in [-0.1, -0.05) is 37.1 Å². The summed E-state index contributed by atoms with van der Waals surface area (Å²) in [5.74, 6) is -0.936. The number of imide groups is 1. The topological polar surface area (TPSA) is 66.5 Å². The van der Waals surface area contributed by atoms with Crippen molar-refractivity contribution in [2.75, 3.05) is 0 Å². The van der Waals surface area contributed by atoms with Gasteiger partial charge in [-0.2, -0.15) is 0 Å². The highest BCUT2D eigenvalue weighted by Crippen LogP contribution is 2.39. The molecule has 138 valence electrons. The maximum Gasteiger partial charge on any atom is 0.243 e.